The summed E-state index contributed by atoms with van der Waals surface area (Å²) in [4.78, 5) is 1.24. The van der Waals surface area contributed by atoms with Crippen molar-refractivity contribution in [2.75, 3.05) is 25.7 Å². The summed E-state index contributed by atoms with van der Waals surface area (Å²) in [5, 5.41) is 4.23. The zero-order chi connectivity index (χ0) is 12.0. The summed E-state index contributed by atoms with van der Waals surface area (Å²) in [5.74, 6) is 0.768. The second kappa shape index (κ2) is 7.42. The van der Waals surface area contributed by atoms with Crippen molar-refractivity contribution in [2.45, 2.75) is 13.0 Å². The van der Waals surface area contributed by atoms with Gasteiger partial charge in [-0.15, -0.1) is 11.3 Å². The van der Waals surface area contributed by atoms with Gasteiger partial charge >= 0.3 is 0 Å². The molecule has 92 valence electrons. The van der Waals surface area contributed by atoms with E-state index in [-0.39, 0.29) is 0 Å². The molecule has 3 nitrogen and oxygen atoms in total. The largest absolute Gasteiger partial charge is 0.486 e. The van der Waals surface area contributed by atoms with Crippen LogP contribution in [0.5, 0.6) is 5.06 Å². The van der Waals surface area contributed by atoms with Crippen molar-refractivity contribution < 1.29 is 8.95 Å². The van der Waals surface area contributed by atoms with E-state index in [1.807, 2.05) is 0 Å². The molecule has 1 aromatic heterocycles. The van der Waals surface area contributed by atoms with E-state index in [9.17, 15) is 4.21 Å². The lowest BCUT2D eigenvalue weighted by Gasteiger charge is -2.01. The highest BCUT2D eigenvalue weighted by atomic mass is 79.9. The van der Waals surface area contributed by atoms with E-state index in [1.54, 1.807) is 24.7 Å². The van der Waals surface area contributed by atoms with Crippen molar-refractivity contribution in [3.05, 3.63) is 15.4 Å². The first-order chi connectivity index (χ1) is 7.63. The highest BCUT2D eigenvalue weighted by molar-refractivity contribution is 9.10. The lowest BCUT2D eigenvalue weighted by atomic mass is 10.4. The SMILES string of the molecule is COc1sc(CNCCCS(C)=O)cc1Br. The Morgan fingerprint density at radius 2 is 2.38 bits per heavy atom. The quantitative estimate of drug-likeness (QED) is 0.782. The smallest absolute Gasteiger partial charge is 0.188 e. The van der Waals surface area contributed by atoms with Gasteiger partial charge in [-0.05, 0) is 35.0 Å². The molecule has 16 heavy (non-hydrogen) atoms. The van der Waals surface area contributed by atoms with Gasteiger partial charge in [0.05, 0.1) is 11.6 Å². The van der Waals surface area contributed by atoms with Gasteiger partial charge in [0.15, 0.2) is 5.06 Å². The van der Waals surface area contributed by atoms with Crippen LogP contribution in [0, 0.1) is 0 Å². The predicted octanol–water partition coefficient (Wildman–Crippen LogP) is 2.38. The average Bonchev–Trinajstić information content (AvgIpc) is 2.58. The monoisotopic (exact) mass is 325 g/mol. The van der Waals surface area contributed by atoms with Crippen molar-refractivity contribution >= 4 is 38.1 Å². The fourth-order valence-electron chi connectivity index (χ4n) is 1.24. The average molecular weight is 326 g/mol. The fraction of sp³-hybridized carbons (Fsp3) is 0.600. The van der Waals surface area contributed by atoms with Gasteiger partial charge in [-0.1, -0.05) is 0 Å². The Morgan fingerprint density at radius 1 is 1.62 bits per heavy atom. The van der Waals surface area contributed by atoms with Crippen molar-refractivity contribution in [2.24, 2.45) is 0 Å². The molecular formula is C10H16BrNO2S2. The molecule has 6 heteroatoms. The number of methoxy groups -OCH3 is 1. The van der Waals surface area contributed by atoms with Crippen LogP contribution in [0.4, 0.5) is 0 Å². The summed E-state index contributed by atoms with van der Waals surface area (Å²) in [6.45, 7) is 1.74. The first-order valence-corrected chi connectivity index (χ1v) is 8.30. The third-order valence-corrected chi connectivity index (χ3v) is 4.79. The summed E-state index contributed by atoms with van der Waals surface area (Å²) < 4.78 is 17.0. The van der Waals surface area contributed by atoms with Gasteiger partial charge in [-0.3, -0.25) is 4.21 Å². The van der Waals surface area contributed by atoms with Crippen molar-refractivity contribution in [1.82, 2.24) is 5.32 Å². The highest BCUT2D eigenvalue weighted by Crippen LogP contribution is 2.34. The molecular weight excluding hydrogens is 310 g/mol. The minimum Gasteiger partial charge on any atom is -0.486 e. The van der Waals surface area contributed by atoms with Gasteiger partial charge in [0, 0.05) is 34.2 Å². The Kier molecular flexibility index (Phi) is 6.57. The summed E-state index contributed by atoms with van der Waals surface area (Å²) in [7, 11) is 0.992. The van der Waals surface area contributed by atoms with E-state index >= 15 is 0 Å². The van der Waals surface area contributed by atoms with Gasteiger partial charge < -0.3 is 10.1 Å². The van der Waals surface area contributed by atoms with E-state index in [1.165, 1.54) is 4.88 Å². The van der Waals surface area contributed by atoms with Crippen LogP contribution in [0.25, 0.3) is 0 Å². The molecule has 0 aliphatic heterocycles. The molecule has 0 saturated carbocycles. The molecule has 1 unspecified atom stereocenters. The van der Waals surface area contributed by atoms with Crippen molar-refractivity contribution in [3.8, 4) is 5.06 Å². The molecule has 0 aromatic carbocycles. The lowest BCUT2D eigenvalue weighted by Crippen LogP contribution is -2.15. The number of rotatable bonds is 7. The van der Waals surface area contributed by atoms with Gasteiger partial charge in [0.1, 0.15) is 0 Å². The first-order valence-electron chi connectivity index (χ1n) is 4.96. The molecule has 0 spiro atoms. The summed E-state index contributed by atoms with van der Waals surface area (Å²) in [5.41, 5.74) is 0. The van der Waals surface area contributed by atoms with E-state index in [0.29, 0.717) is 0 Å². The van der Waals surface area contributed by atoms with Crippen LogP contribution in [-0.2, 0) is 17.3 Å². The van der Waals surface area contributed by atoms with Gasteiger partial charge in [-0.25, -0.2) is 0 Å². The Morgan fingerprint density at radius 3 is 2.94 bits per heavy atom. The molecule has 0 fully saturated rings. The van der Waals surface area contributed by atoms with Crippen LogP contribution >= 0.6 is 27.3 Å². The van der Waals surface area contributed by atoms with Crippen LogP contribution < -0.4 is 10.1 Å². The number of nitrogens with one attached hydrogen (secondary N) is 1. The van der Waals surface area contributed by atoms with Crippen LogP contribution in [-0.4, -0.2) is 29.9 Å². The molecule has 1 rings (SSSR count). The summed E-state index contributed by atoms with van der Waals surface area (Å²) in [6.07, 6.45) is 2.69. The third-order valence-electron chi connectivity index (χ3n) is 1.98. The van der Waals surface area contributed by atoms with E-state index in [2.05, 4.69) is 27.3 Å². The predicted molar refractivity (Wildman–Crippen MR) is 73.8 cm³/mol. The van der Waals surface area contributed by atoms with Crippen molar-refractivity contribution in [3.63, 3.8) is 0 Å². The number of thiophene rings is 1. The van der Waals surface area contributed by atoms with Crippen LogP contribution in [0.1, 0.15) is 11.3 Å². The Labute approximate surface area is 111 Å². The number of hydrogen-bond donors (Lipinski definition) is 1. The number of ether oxygens (including phenoxy) is 1. The van der Waals surface area contributed by atoms with E-state index < -0.39 is 10.8 Å². The van der Waals surface area contributed by atoms with E-state index in [4.69, 9.17) is 4.74 Å². The summed E-state index contributed by atoms with van der Waals surface area (Å²) >= 11 is 5.07. The molecule has 0 saturated heterocycles. The molecule has 1 aromatic rings. The first kappa shape index (κ1) is 14.2. The number of halogens is 1. The third kappa shape index (κ3) is 4.95. The van der Waals surface area contributed by atoms with Crippen LogP contribution in [0.3, 0.4) is 0 Å². The highest BCUT2D eigenvalue weighted by Gasteiger charge is 2.06. The molecule has 0 amide bonds. The molecule has 0 aliphatic carbocycles. The Hall–Kier alpha value is 0.0900. The second-order valence-corrected chi connectivity index (χ2v) is 6.87. The molecule has 1 N–H and O–H groups in total. The maximum absolute atomic E-state index is 10.8. The van der Waals surface area contributed by atoms with Crippen molar-refractivity contribution in [1.29, 1.82) is 0 Å². The Bertz CT molecular complexity index is 355. The Balaban J connectivity index is 2.24. The van der Waals surface area contributed by atoms with Crippen LogP contribution in [0.15, 0.2) is 10.5 Å². The lowest BCUT2D eigenvalue weighted by molar-refractivity contribution is 0.425. The normalized spacial score (nSPS) is 12.7. The maximum atomic E-state index is 10.8. The number of hydrogen-bond acceptors (Lipinski definition) is 4. The zero-order valence-corrected chi connectivity index (χ0v) is 12.6. The van der Waals surface area contributed by atoms with Gasteiger partial charge in [0.25, 0.3) is 0 Å². The minimum atomic E-state index is -0.679. The van der Waals surface area contributed by atoms with Crippen LogP contribution in [0.2, 0.25) is 0 Å². The topological polar surface area (TPSA) is 38.3 Å². The van der Waals surface area contributed by atoms with Gasteiger partial charge in [0.2, 0.25) is 0 Å². The second-order valence-electron chi connectivity index (χ2n) is 3.36. The zero-order valence-electron chi connectivity index (χ0n) is 9.42. The van der Waals surface area contributed by atoms with Gasteiger partial charge in [-0.2, -0.15) is 0 Å². The van der Waals surface area contributed by atoms with E-state index in [0.717, 1.165) is 34.8 Å². The minimum absolute atomic E-state index is 0.679. The maximum Gasteiger partial charge on any atom is 0.188 e. The summed E-state index contributed by atoms with van der Waals surface area (Å²) in [6, 6.07) is 2.06. The molecule has 0 aliphatic rings. The molecule has 1 atom stereocenters. The molecule has 0 bridgehead atoms. The standard InChI is InChI=1S/C10H16BrNO2S2/c1-14-10-9(11)6-8(15-10)7-12-4-3-5-16(2)13/h6,12H,3-5,7H2,1-2H3. The fourth-order valence-corrected chi connectivity index (χ4v) is 3.45. The molecule has 1 heterocycles. The molecule has 0 radical (unpaired) electrons.